The number of hydrogen-bond donors (Lipinski definition) is 0. The predicted octanol–water partition coefficient (Wildman–Crippen LogP) is 0.190. The van der Waals surface area contributed by atoms with Gasteiger partial charge in [0, 0.05) is 14.1 Å². The van der Waals surface area contributed by atoms with Crippen LogP contribution in [0.5, 0.6) is 0 Å². The van der Waals surface area contributed by atoms with Crippen LogP contribution in [-0.2, 0) is 0 Å². The summed E-state index contributed by atoms with van der Waals surface area (Å²) in [5, 5.41) is 8.13. The average Bonchev–Trinajstić information content (AvgIpc) is 2.49. The van der Waals surface area contributed by atoms with Crippen LogP contribution >= 0.6 is 0 Å². The minimum atomic E-state index is 0.764. The Morgan fingerprint density at radius 1 is 1.33 bits per heavy atom. The zero-order chi connectivity index (χ0) is 8.55. The van der Waals surface area contributed by atoms with Crippen molar-refractivity contribution in [3.8, 4) is 0 Å². The van der Waals surface area contributed by atoms with Crippen LogP contribution in [0.15, 0.2) is 18.5 Å². The van der Waals surface area contributed by atoms with Gasteiger partial charge in [-0.05, 0) is 12.1 Å². The first kappa shape index (κ1) is 7.02. The highest BCUT2D eigenvalue weighted by Crippen LogP contribution is 2.05. The van der Waals surface area contributed by atoms with Crippen molar-refractivity contribution < 1.29 is 0 Å². The van der Waals surface area contributed by atoms with Gasteiger partial charge in [0.25, 0.3) is 0 Å². The molecule has 12 heavy (non-hydrogen) atoms. The van der Waals surface area contributed by atoms with Crippen molar-refractivity contribution in [3.05, 3.63) is 18.5 Å². The van der Waals surface area contributed by atoms with Crippen LogP contribution in [0.4, 0.5) is 5.82 Å². The number of anilines is 1. The van der Waals surface area contributed by atoms with Gasteiger partial charge in [-0.1, -0.05) is 0 Å². The molecule has 0 amide bonds. The molecule has 2 heterocycles. The maximum absolute atomic E-state index is 4.20. The van der Waals surface area contributed by atoms with E-state index in [0.717, 1.165) is 11.5 Å². The van der Waals surface area contributed by atoms with Gasteiger partial charge in [-0.25, -0.2) is 4.98 Å². The lowest BCUT2D eigenvalue weighted by molar-refractivity contribution is 0.789. The molecule has 0 unspecified atom stereocenters. The molecule has 0 aliphatic carbocycles. The Hall–Kier alpha value is -1.65. The minimum Gasteiger partial charge on any atom is -0.361 e. The first-order chi connectivity index (χ1) is 5.77. The maximum Gasteiger partial charge on any atom is 0.176 e. The summed E-state index contributed by atoms with van der Waals surface area (Å²) in [5.74, 6) is 0.869. The summed E-state index contributed by atoms with van der Waals surface area (Å²) in [4.78, 5) is 5.91. The second-order valence-electron chi connectivity index (χ2n) is 2.69. The van der Waals surface area contributed by atoms with Crippen molar-refractivity contribution in [2.75, 3.05) is 19.0 Å². The first-order valence-corrected chi connectivity index (χ1v) is 3.62. The highest BCUT2D eigenvalue weighted by Gasteiger charge is 1.99. The molecule has 2 aromatic rings. The lowest BCUT2D eigenvalue weighted by Crippen LogP contribution is -2.12. The fourth-order valence-electron chi connectivity index (χ4n) is 0.949. The van der Waals surface area contributed by atoms with Gasteiger partial charge in [-0.15, -0.1) is 14.8 Å². The van der Waals surface area contributed by atoms with E-state index < -0.39 is 0 Å². The molecule has 0 atom stereocenters. The normalized spacial score (nSPS) is 10.5. The minimum absolute atomic E-state index is 0.764. The summed E-state index contributed by atoms with van der Waals surface area (Å²) in [7, 11) is 3.87. The molecule has 2 aromatic heterocycles. The lowest BCUT2D eigenvalue weighted by Gasteiger charge is -2.09. The topological polar surface area (TPSA) is 46.3 Å². The number of aromatic nitrogens is 4. The third kappa shape index (κ3) is 0.990. The van der Waals surface area contributed by atoms with Gasteiger partial charge in [0.2, 0.25) is 0 Å². The molecule has 0 saturated heterocycles. The molecular formula is C7H9N5. The average molecular weight is 163 g/mol. The third-order valence-electron chi connectivity index (χ3n) is 1.59. The van der Waals surface area contributed by atoms with Crippen LogP contribution in [0.25, 0.3) is 5.65 Å². The largest absolute Gasteiger partial charge is 0.361 e. The Morgan fingerprint density at radius 2 is 2.17 bits per heavy atom. The van der Waals surface area contributed by atoms with Gasteiger partial charge in [-0.3, -0.25) is 0 Å². The van der Waals surface area contributed by atoms with E-state index in [4.69, 9.17) is 0 Å². The SMILES string of the molecule is CN(C)c1ccc2ncnn2n1. The standard InChI is InChI=1S/C7H9N5/c1-11(2)7-4-3-6-8-5-9-12(6)10-7/h3-5H,1-2H3. The Balaban J connectivity index is 2.60. The van der Waals surface area contributed by atoms with Crippen LogP contribution < -0.4 is 4.90 Å². The van der Waals surface area contributed by atoms with Gasteiger partial charge in [0.15, 0.2) is 11.5 Å². The quantitative estimate of drug-likeness (QED) is 0.602. The van der Waals surface area contributed by atoms with Gasteiger partial charge < -0.3 is 4.90 Å². The summed E-state index contributed by atoms with van der Waals surface area (Å²) in [6.07, 6.45) is 1.49. The second-order valence-corrected chi connectivity index (χ2v) is 2.69. The number of hydrogen-bond acceptors (Lipinski definition) is 4. The highest BCUT2D eigenvalue weighted by molar-refractivity contribution is 5.43. The number of fused-ring (bicyclic) bond motifs is 1. The summed E-state index contributed by atoms with van der Waals surface area (Å²) >= 11 is 0. The molecule has 0 fully saturated rings. The van der Waals surface area contributed by atoms with Gasteiger partial charge in [0.1, 0.15) is 6.33 Å². The summed E-state index contributed by atoms with van der Waals surface area (Å²) in [6, 6.07) is 3.79. The zero-order valence-electron chi connectivity index (χ0n) is 6.97. The van der Waals surface area contributed by atoms with E-state index in [1.165, 1.54) is 11.0 Å². The van der Waals surface area contributed by atoms with Gasteiger partial charge in [0.05, 0.1) is 0 Å². The fourth-order valence-corrected chi connectivity index (χ4v) is 0.949. The molecule has 2 rings (SSSR count). The van der Waals surface area contributed by atoms with E-state index >= 15 is 0 Å². The molecule has 0 aliphatic rings. The molecule has 5 nitrogen and oxygen atoms in total. The Kier molecular flexibility index (Phi) is 1.43. The van der Waals surface area contributed by atoms with Crippen molar-refractivity contribution in [3.63, 3.8) is 0 Å². The Morgan fingerprint density at radius 3 is 2.92 bits per heavy atom. The van der Waals surface area contributed by atoms with E-state index in [-0.39, 0.29) is 0 Å². The van der Waals surface area contributed by atoms with Crippen LogP contribution in [0.2, 0.25) is 0 Å². The van der Waals surface area contributed by atoms with Crippen molar-refractivity contribution in [1.82, 2.24) is 19.8 Å². The van der Waals surface area contributed by atoms with Crippen LogP contribution in [0.3, 0.4) is 0 Å². The number of nitrogens with zero attached hydrogens (tertiary/aromatic N) is 5. The third-order valence-corrected chi connectivity index (χ3v) is 1.59. The van der Waals surface area contributed by atoms with Crippen LogP contribution in [0.1, 0.15) is 0 Å². The molecule has 0 spiro atoms. The summed E-state index contributed by atoms with van der Waals surface area (Å²) < 4.78 is 1.51. The summed E-state index contributed by atoms with van der Waals surface area (Å²) in [5.41, 5.74) is 0.764. The molecule has 0 N–H and O–H groups in total. The molecule has 0 bridgehead atoms. The van der Waals surface area contributed by atoms with E-state index in [1.54, 1.807) is 0 Å². The molecule has 0 aromatic carbocycles. The molecule has 0 radical (unpaired) electrons. The predicted molar refractivity (Wildman–Crippen MR) is 45.1 cm³/mol. The lowest BCUT2D eigenvalue weighted by atomic mass is 10.5. The van der Waals surface area contributed by atoms with E-state index in [2.05, 4.69) is 15.2 Å². The Labute approximate surface area is 69.6 Å². The van der Waals surface area contributed by atoms with E-state index in [1.807, 2.05) is 31.1 Å². The van der Waals surface area contributed by atoms with Crippen molar-refractivity contribution >= 4 is 11.5 Å². The van der Waals surface area contributed by atoms with Crippen LogP contribution in [-0.4, -0.2) is 33.9 Å². The van der Waals surface area contributed by atoms with Crippen molar-refractivity contribution in [1.29, 1.82) is 0 Å². The zero-order valence-corrected chi connectivity index (χ0v) is 6.97. The molecular weight excluding hydrogens is 154 g/mol. The van der Waals surface area contributed by atoms with E-state index in [0.29, 0.717) is 0 Å². The first-order valence-electron chi connectivity index (χ1n) is 3.62. The summed E-state index contributed by atoms with van der Waals surface area (Å²) in [6.45, 7) is 0. The van der Waals surface area contributed by atoms with Gasteiger partial charge >= 0.3 is 0 Å². The number of rotatable bonds is 1. The van der Waals surface area contributed by atoms with Crippen molar-refractivity contribution in [2.45, 2.75) is 0 Å². The second kappa shape index (κ2) is 2.44. The Bertz CT molecular complexity index is 391. The molecule has 5 heteroatoms. The van der Waals surface area contributed by atoms with E-state index in [9.17, 15) is 0 Å². The highest BCUT2D eigenvalue weighted by atomic mass is 15.5. The van der Waals surface area contributed by atoms with Gasteiger partial charge in [-0.2, -0.15) is 0 Å². The molecule has 0 aliphatic heterocycles. The van der Waals surface area contributed by atoms with Crippen LogP contribution in [0, 0.1) is 0 Å². The smallest absolute Gasteiger partial charge is 0.176 e. The fraction of sp³-hybridized carbons (Fsp3) is 0.286. The molecule has 62 valence electrons. The molecule has 0 saturated carbocycles. The monoisotopic (exact) mass is 163 g/mol. The van der Waals surface area contributed by atoms with Crippen molar-refractivity contribution in [2.24, 2.45) is 0 Å². The maximum atomic E-state index is 4.20.